The third kappa shape index (κ3) is 5.99. The molecule has 0 radical (unpaired) electrons. The highest BCUT2D eigenvalue weighted by Gasteiger charge is 2.28. The minimum Gasteiger partial charge on any atom is -0.465 e. The Balaban J connectivity index is 1.29. The van der Waals surface area contributed by atoms with Crippen molar-refractivity contribution in [2.45, 2.75) is 18.4 Å². The van der Waals surface area contributed by atoms with Gasteiger partial charge >= 0.3 is 5.97 Å². The van der Waals surface area contributed by atoms with Gasteiger partial charge in [-0.05, 0) is 61.0 Å². The van der Waals surface area contributed by atoms with Crippen LogP contribution in [-0.2, 0) is 21.3 Å². The van der Waals surface area contributed by atoms with Crippen LogP contribution in [0.1, 0.15) is 31.8 Å². The fourth-order valence-corrected chi connectivity index (χ4v) is 5.44. The molecule has 1 saturated heterocycles. The van der Waals surface area contributed by atoms with Crippen LogP contribution in [-0.4, -0.2) is 62.8 Å². The van der Waals surface area contributed by atoms with Crippen molar-refractivity contribution in [2.24, 2.45) is 0 Å². The first kappa shape index (κ1) is 25.6. The number of ether oxygens (including phenoxy) is 1. The molecule has 1 N–H and O–H groups in total. The van der Waals surface area contributed by atoms with Crippen LogP contribution in [0.25, 0.3) is 0 Å². The molecule has 8 nitrogen and oxygen atoms in total. The van der Waals surface area contributed by atoms with Gasteiger partial charge in [0.1, 0.15) is 0 Å². The number of nitrogens with one attached hydrogen (secondary N) is 1. The summed E-state index contributed by atoms with van der Waals surface area (Å²) in [6.45, 7) is 4.75. The molecule has 0 unspecified atom stereocenters. The number of carbonyl (C=O) groups is 2. The van der Waals surface area contributed by atoms with Crippen LogP contribution in [0.2, 0.25) is 0 Å². The molecule has 188 valence electrons. The first-order valence-electron chi connectivity index (χ1n) is 11.6. The highest BCUT2D eigenvalue weighted by atomic mass is 32.2. The predicted octanol–water partition coefficient (Wildman–Crippen LogP) is 3.54. The molecular formula is C27H29N3O5S. The number of carbonyl (C=O) groups excluding carboxylic acids is 2. The van der Waals surface area contributed by atoms with E-state index in [0.29, 0.717) is 54.4 Å². The van der Waals surface area contributed by atoms with Gasteiger partial charge in [0.15, 0.2) is 0 Å². The number of aryl methyl sites for hydroxylation is 1. The SMILES string of the molecule is COC(=O)c1ccc(NC(=O)c2ccc(CN3CCN(S(=O)(=O)c4ccc(C)cc4)CC3)cc2)cc1. The summed E-state index contributed by atoms with van der Waals surface area (Å²) >= 11 is 0. The van der Waals surface area contributed by atoms with Crippen LogP contribution < -0.4 is 5.32 Å². The van der Waals surface area contributed by atoms with Crippen LogP contribution >= 0.6 is 0 Å². The lowest BCUT2D eigenvalue weighted by Gasteiger charge is -2.34. The van der Waals surface area contributed by atoms with E-state index < -0.39 is 16.0 Å². The zero-order valence-electron chi connectivity index (χ0n) is 20.3. The standard InChI is InChI=1S/C27H29N3O5S/c1-20-3-13-25(14-4-20)36(33,34)30-17-15-29(16-18-30)19-21-5-7-22(8-6-21)26(31)28-24-11-9-23(10-12-24)27(32)35-2/h3-14H,15-19H2,1-2H3,(H,28,31). The topological polar surface area (TPSA) is 96.0 Å². The number of piperazine rings is 1. The Morgan fingerprint density at radius 2 is 1.42 bits per heavy atom. The normalized spacial score (nSPS) is 14.8. The molecule has 0 aliphatic carbocycles. The maximum absolute atomic E-state index is 12.9. The summed E-state index contributed by atoms with van der Waals surface area (Å²) in [5, 5.41) is 2.81. The minimum atomic E-state index is -3.48. The number of benzene rings is 3. The number of sulfonamides is 1. The number of esters is 1. The molecule has 1 fully saturated rings. The smallest absolute Gasteiger partial charge is 0.337 e. The number of anilines is 1. The predicted molar refractivity (Wildman–Crippen MR) is 137 cm³/mol. The summed E-state index contributed by atoms with van der Waals surface area (Å²) in [4.78, 5) is 26.6. The second-order valence-electron chi connectivity index (χ2n) is 8.71. The number of hydrogen-bond donors (Lipinski definition) is 1. The zero-order chi connectivity index (χ0) is 25.7. The third-order valence-electron chi connectivity index (χ3n) is 6.18. The molecule has 0 atom stereocenters. The molecule has 36 heavy (non-hydrogen) atoms. The molecule has 3 aromatic rings. The number of nitrogens with zero attached hydrogens (tertiary/aromatic N) is 2. The van der Waals surface area contributed by atoms with Crippen molar-refractivity contribution < 1.29 is 22.7 Å². The van der Waals surface area contributed by atoms with Gasteiger partial charge < -0.3 is 10.1 Å². The summed E-state index contributed by atoms with van der Waals surface area (Å²) in [6, 6.07) is 20.8. The molecule has 0 saturated carbocycles. The fraction of sp³-hybridized carbons (Fsp3) is 0.259. The number of hydrogen-bond acceptors (Lipinski definition) is 6. The summed E-state index contributed by atoms with van der Waals surface area (Å²) in [5.41, 5.74) is 3.58. The van der Waals surface area contributed by atoms with E-state index in [9.17, 15) is 18.0 Å². The third-order valence-corrected chi connectivity index (χ3v) is 8.09. The number of rotatable bonds is 7. The molecule has 1 aliphatic heterocycles. The molecule has 1 amide bonds. The summed E-state index contributed by atoms with van der Waals surface area (Å²) in [7, 11) is -2.17. The van der Waals surface area contributed by atoms with E-state index in [2.05, 4.69) is 15.0 Å². The molecule has 3 aromatic carbocycles. The average molecular weight is 508 g/mol. The van der Waals surface area contributed by atoms with Gasteiger partial charge in [-0.2, -0.15) is 4.31 Å². The van der Waals surface area contributed by atoms with E-state index >= 15 is 0 Å². The van der Waals surface area contributed by atoms with Gasteiger partial charge in [-0.3, -0.25) is 9.69 Å². The lowest BCUT2D eigenvalue weighted by molar-refractivity contribution is 0.0600. The molecule has 9 heteroatoms. The van der Waals surface area contributed by atoms with Gasteiger partial charge in [0.25, 0.3) is 5.91 Å². The lowest BCUT2D eigenvalue weighted by atomic mass is 10.1. The number of amides is 1. The Labute approximate surface area is 211 Å². The van der Waals surface area contributed by atoms with E-state index in [0.717, 1.165) is 11.1 Å². The van der Waals surface area contributed by atoms with Gasteiger partial charge in [0.2, 0.25) is 10.0 Å². The second kappa shape index (κ2) is 11.0. The number of methoxy groups -OCH3 is 1. The molecule has 0 bridgehead atoms. The Hall–Kier alpha value is -3.53. The monoisotopic (exact) mass is 507 g/mol. The van der Waals surface area contributed by atoms with Gasteiger partial charge in [-0.15, -0.1) is 0 Å². The van der Waals surface area contributed by atoms with Crippen molar-refractivity contribution in [3.8, 4) is 0 Å². The van der Waals surface area contributed by atoms with E-state index in [1.54, 1.807) is 52.8 Å². The molecule has 0 spiro atoms. The Morgan fingerprint density at radius 3 is 2.00 bits per heavy atom. The van der Waals surface area contributed by atoms with E-state index in [4.69, 9.17) is 0 Å². The maximum atomic E-state index is 12.9. The summed E-state index contributed by atoms with van der Waals surface area (Å²) in [6.07, 6.45) is 0. The van der Waals surface area contributed by atoms with Crippen molar-refractivity contribution in [2.75, 3.05) is 38.6 Å². The van der Waals surface area contributed by atoms with Crippen LogP contribution in [0.3, 0.4) is 0 Å². The Morgan fingerprint density at radius 1 is 0.833 bits per heavy atom. The largest absolute Gasteiger partial charge is 0.465 e. The quantitative estimate of drug-likeness (QED) is 0.492. The van der Waals surface area contributed by atoms with Gasteiger partial charge in [0, 0.05) is 44.0 Å². The molecule has 1 heterocycles. The second-order valence-corrected chi connectivity index (χ2v) is 10.7. The van der Waals surface area contributed by atoms with E-state index in [-0.39, 0.29) is 5.91 Å². The zero-order valence-corrected chi connectivity index (χ0v) is 21.1. The van der Waals surface area contributed by atoms with Gasteiger partial charge in [-0.25, -0.2) is 13.2 Å². The van der Waals surface area contributed by atoms with Crippen molar-refractivity contribution >= 4 is 27.6 Å². The highest BCUT2D eigenvalue weighted by Crippen LogP contribution is 2.19. The fourth-order valence-electron chi connectivity index (χ4n) is 4.02. The van der Waals surface area contributed by atoms with E-state index in [1.807, 2.05) is 31.2 Å². The summed E-state index contributed by atoms with van der Waals surface area (Å²) in [5.74, 6) is -0.680. The maximum Gasteiger partial charge on any atom is 0.337 e. The van der Waals surface area contributed by atoms with Crippen LogP contribution in [0, 0.1) is 6.92 Å². The summed E-state index contributed by atoms with van der Waals surface area (Å²) < 4.78 is 32.0. The molecule has 4 rings (SSSR count). The molecular weight excluding hydrogens is 478 g/mol. The Bertz CT molecular complexity index is 1310. The highest BCUT2D eigenvalue weighted by molar-refractivity contribution is 7.89. The van der Waals surface area contributed by atoms with Crippen LogP contribution in [0.5, 0.6) is 0 Å². The Kier molecular flexibility index (Phi) is 7.83. The van der Waals surface area contributed by atoms with Gasteiger partial charge in [-0.1, -0.05) is 29.8 Å². The van der Waals surface area contributed by atoms with E-state index in [1.165, 1.54) is 7.11 Å². The van der Waals surface area contributed by atoms with Crippen molar-refractivity contribution in [3.63, 3.8) is 0 Å². The van der Waals surface area contributed by atoms with Crippen molar-refractivity contribution in [1.29, 1.82) is 0 Å². The van der Waals surface area contributed by atoms with Gasteiger partial charge in [0.05, 0.1) is 17.6 Å². The minimum absolute atomic E-state index is 0.248. The molecule has 0 aromatic heterocycles. The average Bonchev–Trinajstić information content (AvgIpc) is 2.89. The van der Waals surface area contributed by atoms with Crippen LogP contribution in [0.15, 0.2) is 77.7 Å². The van der Waals surface area contributed by atoms with Crippen molar-refractivity contribution in [1.82, 2.24) is 9.21 Å². The lowest BCUT2D eigenvalue weighted by Crippen LogP contribution is -2.48. The van der Waals surface area contributed by atoms with Crippen molar-refractivity contribution in [3.05, 3.63) is 95.1 Å². The first-order valence-corrected chi connectivity index (χ1v) is 13.1. The van der Waals surface area contributed by atoms with Crippen LogP contribution in [0.4, 0.5) is 5.69 Å². The molecule has 1 aliphatic rings. The first-order chi connectivity index (χ1) is 17.3.